The Morgan fingerprint density at radius 3 is 1.45 bits per heavy atom. The van der Waals surface area contributed by atoms with Gasteiger partial charge in [-0.1, -0.05) is 121 Å². The molecule has 0 N–H and O–H groups in total. The number of anilines is 5. The van der Waals surface area contributed by atoms with Crippen LogP contribution in [0.3, 0.4) is 0 Å². The fourth-order valence-electron chi connectivity index (χ4n) is 10.3. The van der Waals surface area contributed by atoms with Crippen LogP contribution in [0, 0.1) is 0 Å². The van der Waals surface area contributed by atoms with Crippen LogP contribution in [0.15, 0.2) is 224 Å². The molecule has 1 atom stereocenters. The molecule has 2 aromatic heterocycles. The van der Waals surface area contributed by atoms with Crippen LogP contribution in [0.2, 0.25) is 0 Å². The highest BCUT2D eigenvalue weighted by Gasteiger charge is 2.31. The molecule has 2 heterocycles. The topological polar surface area (TPSA) is 16.3 Å². The van der Waals surface area contributed by atoms with Gasteiger partial charge in [-0.3, -0.25) is 0 Å². The standard InChI is InChI=1S/C58H44N4/c1-5-19-41(20-6-1)59(45-35-37-57-51(39-45)49-27-13-15-31-55(49)61(57)43-23-9-3-10-24-43)53-33-17-30-48-47(53)29-18-34-54(48)60(42-21-7-2-8-22-42)46-36-38-58-52(40-46)50-28-14-16-32-56(50)62(58)44-25-11-4-12-26-44/h1-17,19-28,30-33,35-40,54H,18,29,34H2. The molecule has 0 saturated carbocycles. The lowest BCUT2D eigenvalue weighted by Gasteiger charge is -2.39. The third kappa shape index (κ3) is 5.90. The van der Waals surface area contributed by atoms with Crippen LogP contribution in [0.25, 0.3) is 55.0 Å². The molecular weight excluding hydrogens is 753 g/mol. The summed E-state index contributed by atoms with van der Waals surface area (Å²) >= 11 is 0. The average Bonchev–Trinajstić information content (AvgIpc) is 3.85. The third-order valence-corrected chi connectivity index (χ3v) is 12.9. The number of nitrogens with zero attached hydrogens (tertiary/aromatic N) is 4. The van der Waals surface area contributed by atoms with Gasteiger partial charge in [0.25, 0.3) is 0 Å². The molecule has 12 rings (SSSR count). The normalized spacial score (nSPS) is 13.8. The fourth-order valence-corrected chi connectivity index (χ4v) is 10.3. The molecule has 62 heavy (non-hydrogen) atoms. The molecule has 1 aliphatic carbocycles. The van der Waals surface area contributed by atoms with Crippen molar-refractivity contribution in [2.45, 2.75) is 25.3 Å². The Bertz CT molecular complexity index is 3390. The molecule has 4 nitrogen and oxygen atoms in total. The van der Waals surface area contributed by atoms with Gasteiger partial charge in [-0.2, -0.15) is 0 Å². The monoisotopic (exact) mass is 796 g/mol. The van der Waals surface area contributed by atoms with Crippen molar-refractivity contribution in [1.82, 2.24) is 9.13 Å². The molecule has 0 amide bonds. The van der Waals surface area contributed by atoms with Crippen LogP contribution >= 0.6 is 0 Å². The maximum absolute atomic E-state index is 2.60. The van der Waals surface area contributed by atoms with Crippen molar-refractivity contribution in [3.05, 3.63) is 236 Å². The van der Waals surface area contributed by atoms with Gasteiger partial charge < -0.3 is 18.9 Å². The quantitative estimate of drug-likeness (QED) is 0.152. The largest absolute Gasteiger partial charge is 0.334 e. The van der Waals surface area contributed by atoms with Crippen molar-refractivity contribution in [1.29, 1.82) is 0 Å². The van der Waals surface area contributed by atoms with E-state index in [9.17, 15) is 0 Å². The van der Waals surface area contributed by atoms with Gasteiger partial charge in [-0.15, -0.1) is 0 Å². The average molecular weight is 797 g/mol. The van der Waals surface area contributed by atoms with Crippen LogP contribution in [0.5, 0.6) is 0 Å². The van der Waals surface area contributed by atoms with E-state index in [0.29, 0.717) is 0 Å². The van der Waals surface area contributed by atoms with Gasteiger partial charge in [0.05, 0.1) is 28.1 Å². The first-order valence-corrected chi connectivity index (χ1v) is 21.8. The second-order valence-electron chi connectivity index (χ2n) is 16.4. The Morgan fingerprint density at radius 2 is 0.855 bits per heavy atom. The van der Waals surface area contributed by atoms with Gasteiger partial charge in [0.2, 0.25) is 0 Å². The summed E-state index contributed by atoms with van der Waals surface area (Å²) < 4.78 is 4.80. The van der Waals surface area contributed by atoms with Crippen LogP contribution in [-0.2, 0) is 6.42 Å². The van der Waals surface area contributed by atoms with E-state index in [1.165, 1.54) is 83.2 Å². The predicted molar refractivity (Wildman–Crippen MR) is 261 cm³/mol. The molecule has 0 saturated heterocycles. The van der Waals surface area contributed by atoms with Gasteiger partial charge in [0, 0.05) is 61.4 Å². The predicted octanol–water partition coefficient (Wildman–Crippen LogP) is 15.6. The molecule has 0 aliphatic heterocycles. The van der Waals surface area contributed by atoms with Crippen molar-refractivity contribution in [2.24, 2.45) is 0 Å². The van der Waals surface area contributed by atoms with Crippen molar-refractivity contribution in [3.8, 4) is 11.4 Å². The van der Waals surface area contributed by atoms with Crippen molar-refractivity contribution in [3.63, 3.8) is 0 Å². The molecule has 296 valence electrons. The van der Waals surface area contributed by atoms with E-state index in [-0.39, 0.29) is 6.04 Å². The number of fused-ring (bicyclic) bond motifs is 7. The van der Waals surface area contributed by atoms with Gasteiger partial charge in [-0.05, 0) is 134 Å². The minimum Gasteiger partial charge on any atom is -0.334 e. The zero-order valence-corrected chi connectivity index (χ0v) is 34.3. The lowest BCUT2D eigenvalue weighted by molar-refractivity contribution is 0.559. The smallest absolute Gasteiger partial charge is 0.0595 e. The summed E-state index contributed by atoms with van der Waals surface area (Å²) in [6, 6.07) is 82.2. The molecule has 9 aromatic carbocycles. The van der Waals surface area contributed by atoms with Gasteiger partial charge in [-0.25, -0.2) is 0 Å². The molecule has 0 fully saturated rings. The Balaban J connectivity index is 1.03. The fraction of sp³-hybridized carbons (Fsp3) is 0.0690. The van der Waals surface area contributed by atoms with Crippen LogP contribution in [0.4, 0.5) is 28.4 Å². The third-order valence-electron chi connectivity index (χ3n) is 12.9. The molecule has 1 unspecified atom stereocenters. The van der Waals surface area contributed by atoms with E-state index in [4.69, 9.17) is 0 Å². The lowest BCUT2D eigenvalue weighted by atomic mass is 9.84. The second-order valence-corrected chi connectivity index (χ2v) is 16.4. The van der Waals surface area contributed by atoms with Crippen molar-refractivity contribution >= 4 is 72.0 Å². The zero-order valence-electron chi connectivity index (χ0n) is 34.3. The second kappa shape index (κ2) is 15.0. The van der Waals surface area contributed by atoms with Crippen LogP contribution in [0.1, 0.15) is 30.0 Å². The Hall–Kier alpha value is -7.82. The Labute approximate surface area is 361 Å². The zero-order chi connectivity index (χ0) is 41.0. The summed E-state index contributed by atoms with van der Waals surface area (Å²) in [5.74, 6) is 0. The highest BCUT2D eigenvalue weighted by Crippen LogP contribution is 2.48. The number of hydrogen-bond donors (Lipinski definition) is 0. The summed E-state index contributed by atoms with van der Waals surface area (Å²) in [4.78, 5) is 5.10. The highest BCUT2D eigenvalue weighted by molar-refractivity contribution is 6.12. The van der Waals surface area contributed by atoms with Crippen LogP contribution < -0.4 is 9.80 Å². The molecule has 11 aromatic rings. The first-order valence-electron chi connectivity index (χ1n) is 21.8. The summed E-state index contributed by atoms with van der Waals surface area (Å²) in [7, 11) is 0. The van der Waals surface area contributed by atoms with E-state index in [0.717, 1.165) is 30.6 Å². The number of para-hydroxylation sites is 6. The van der Waals surface area contributed by atoms with Gasteiger partial charge >= 0.3 is 0 Å². The van der Waals surface area contributed by atoms with Crippen LogP contribution in [-0.4, -0.2) is 9.13 Å². The molecule has 1 aliphatic rings. The van der Waals surface area contributed by atoms with E-state index in [2.05, 4.69) is 243 Å². The lowest BCUT2D eigenvalue weighted by Crippen LogP contribution is -2.28. The van der Waals surface area contributed by atoms with E-state index < -0.39 is 0 Å². The molecule has 0 radical (unpaired) electrons. The van der Waals surface area contributed by atoms with Crippen molar-refractivity contribution < 1.29 is 0 Å². The SMILES string of the molecule is c1ccc(N(c2ccc3c(c2)c2ccccc2n3-c2ccccc2)c2cccc3c2CCCC3N(c2ccccc2)c2ccc3c(c2)c2ccccc2n3-c2ccccc2)cc1. The van der Waals surface area contributed by atoms with E-state index >= 15 is 0 Å². The Morgan fingerprint density at radius 1 is 0.371 bits per heavy atom. The summed E-state index contributed by atoms with van der Waals surface area (Å²) in [6.45, 7) is 0. The first-order chi connectivity index (χ1) is 30.8. The minimum atomic E-state index is 0.130. The molecule has 4 heteroatoms. The Kier molecular flexibility index (Phi) is 8.74. The van der Waals surface area contributed by atoms with Gasteiger partial charge in [0.1, 0.15) is 0 Å². The number of hydrogen-bond acceptors (Lipinski definition) is 2. The van der Waals surface area contributed by atoms with E-state index in [1.807, 2.05) is 0 Å². The van der Waals surface area contributed by atoms with Crippen molar-refractivity contribution in [2.75, 3.05) is 9.80 Å². The first kappa shape index (κ1) is 36.1. The van der Waals surface area contributed by atoms with E-state index in [1.54, 1.807) is 0 Å². The minimum absolute atomic E-state index is 0.130. The summed E-state index contributed by atoms with van der Waals surface area (Å²) in [5, 5.41) is 5.00. The van der Waals surface area contributed by atoms with Gasteiger partial charge in [0.15, 0.2) is 0 Å². The maximum Gasteiger partial charge on any atom is 0.0595 e. The molecular formula is C58H44N4. The number of rotatable bonds is 8. The maximum atomic E-state index is 2.60. The summed E-state index contributed by atoms with van der Waals surface area (Å²) in [6.07, 6.45) is 3.14. The number of aromatic nitrogens is 2. The molecule has 0 bridgehead atoms. The summed E-state index contributed by atoms with van der Waals surface area (Å²) in [5.41, 5.74) is 15.9. The highest BCUT2D eigenvalue weighted by atomic mass is 15.2. The number of benzene rings is 9. The molecule has 0 spiro atoms.